The van der Waals surface area contributed by atoms with Gasteiger partial charge in [-0.25, -0.2) is 0 Å². The Morgan fingerprint density at radius 3 is 2.58 bits per heavy atom. The van der Waals surface area contributed by atoms with E-state index in [1.165, 1.54) is 4.68 Å². The minimum absolute atomic E-state index is 0.0686. The van der Waals surface area contributed by atoms with Crippen LogP contribution in [-0.2, 0) is 6.54 Å². The quantitative estimate of drug-likeness (QED) is 0.753. The fraction of sp³-hybridized carbons (Fsp3) is 0.222. The zero-order valence-corrected chi connectivity index (χ0v) is 13.5. The van der Waals surface area contributed by atoms with Gasteiger partial charge in [0.15, 0.2) is 5.82 Å². The van der Waals surface area contributed by atoms with E-state index in [2.05, 4.69) is 20.4 Å². The summed E-state index contributed by atoms with van der Waals surface area (Å²) in [7, 11) is 0. The van der Waals surface area contributed by atoms with E-state index in [9.17, 15) is 4.79 Å². The predicted octanol–water partition coefficient (Wildman–Crippen LogP) is 3.39. The van der Waals surface area contributed by atoms with Crippen LogP contribution in [0.1, 0.15) is 30.1 Å². The maximum absolute atomic E-state index is 12.3. The molecule has 0 radical (unpaired) electrons. The first kappa shape index (κ1) is 15.9. The first-order chi connectivity index (χ1) is 11.8. The number of carbonyl (C=O) groups is 1. The van der Waals surface area contributed by atoms with E-state index >= 15 is 0 Å². The second kappa shape index (κ2) is 7.50. The Morgan fingerprint density at radius 1 is 1.12 bits per heavy atom. The van der Waals surface area contributed by atoms with Gasteiger partial charge < -0.3 is 5.32 Å². The Hall–Kier alpha value is -3.02. The van der Waals surface area contributed by atoms with E-state index < -0.39 is 0 Å². The smallest absolute Gasteiger partial charge is 0.250 e. The molecule has 0 spiro atoms. The second-order valence-electron chi connectivity index (χ2n) is 5.39. The van der Waals surface area contributed by atoms with Gasteiger partial charge in [-0.15, -0.1) is 5.10 Å². The van der Waals surface area contributed by atoms with Crippen molar-refractivity contribution in [3.63, 3.8) is 0 Å². The molecule has 6 heteroatoms. The number of hydrogen-bond donors (Lipinski definition) is 1. The van der Waals surface area contributed by atoms with Crippen LogP contribution in [0.25, 0.3) is 11.4 Å². The molecule has 2 aromatic heterocycles. The van der Waals surface area contributed by atoms with E-state index in [1.807, 2.05) is 49.4 Å². The van der Waals surface area contributed by atoms with Gasteiger partial charge in [0.2, 0.25) is 11.9 Å². The standard InChI is InChI=1S/C18H19N5O/c1-2-6-16(24)23-18(20-13-14-7-4-3-5-8-14)21-17(22-23)15-9-11-19-12-10-15/h3-5,7-12H,2,6,13H2,1H3,(H,20,21,22). The van der Waals surface area contributed by atoms with Crippen LogP contribution in [-0.4, -0.2) is 25.7 Å². The van der Waals surface area contributed by atoms with Crippen LogP contribution in [0.5, 0.6) is 0 Å². The normalized spacial score (nSPS) is 10.5. The van der Waals surface area contributed by atoms with Crippen molar-refractivity contribution in [3.05, 3.63) is 60.4 Å². The van der Waals surface area contributed by atoms with Gasteiger partial charge in [-0.05, 0) is 24.1 Å². The van der Waals surface area contributed by atoms with Crippen LogP contribution in [0.2, 0.25) is 0 Å². The van der Waals surface area contributed by atoms with Crippen molar-refractivity contribution < 1.29 is 4.79 Å². The van der Waals surface area contributed by atoms with Gasteiger partial charge in [-0.3, -0.25) is 9.78 Å². The third-order valence-corrected chi connectivity index (χ3v) is 3.54. The Kier molecular flexibility index (Phi) is 4.96. The summed E-state index contributed by atoms with van der Waals surface area (Å²) >= 11 is 0. The third-order valence-electron chi connectivity index (χ3n) is 3.54. The topological polar surface area (TPSA) is 72.7 Å². The molecule has 0 atom stereocenters. The Balaban J connectivity index is 1.87. The van der Waals surface area contributed by atoms with E-state index in [0.717, 1.165) is 17.5 Å². The highest BCUT2D eigenvalue weighted by atomic mass is 16.2. The zero-order valence-electron chi connectivity index (χ0n) is 13.5. The predicted molar refractivity (Wildman–Crippen MR) is 92.6 cm³/mol. The Morgan fingerprint density at radius 2 is 1.88 bits per heavy atom. The largest absolute Gasteiger partial charge is 0.350 e. The van der Waals surface area contributed by atoms with Crippen molar-refractivity contribution >= 4 is 11.9 Å². The van der Waals surface area contributed by atoms with Gasteiger partial charge >= 0.3 is 0 Å². The number of rotatable bonds is 6. The van der Waals surface area contributed by atoms with Gasteiger partial charge in [-0.1, -0.05) is 37.3 Å². The molecule has 3 aromatic rings. The molecule has 0 saturated heterocycles. The Bertz CT molecular complexity index is 799. The van der Waals surface area contributed by atoms with Gasteiger partial charge in [0.05, 0.1) is 0 Å². The molecule has 0 saturated carbocycles. The first-order valence-electron chi connectivity index (χ1n) is 7.96. The summed E-state index contributed by atoms with van der Waals surface area (Å²) in [6.45, 7) is 2.55. The van der Waals surface area contributed by atoms with Crippen molar-refractivity contribution in [3.8, 4) is 11.4 Å². The number of benzene rings is 1. The van der Waals surface area contributed by atoms with Gasteiger partial charge in [0, 0.05) is 30.9 Å². The highest BCUT2D eigenvalue weighted by Crippen LogP contribution is 2.18. The average Bonchev–Trinajstić information content (AvgIpc) is 3.06. The van der Waals surface area contributed by atoms with Gasteiger partial charge in [0.25, 0.3) is 0 Å². The molecular weight excluding hydrogens is 302 g/mol. The first-order valence-corrected chi connectivity index (χ1v) is 7.96. The van der Waals surface area contributed by atoms with Crippen LogP contribution in [0.4, 0.5) is 5.95 Å². The number of pyridine rings is 1. The van der Waals surface area contributed by atoms with Crippen molar-refractivity contribution in [1.82, 2.24) is 19.7 Å². The molecule has 122 valence electrons. The molecule has 0 fully saturated rings. The fourth-order valence-corrected chi connectivity index (χ4v) is 2.32. The monoisotopic (exact) mass is 321 g/mol. The summed E-state index contributed by atoms with van der Waals surface area (Å²) < 4.78 is 1.36. The van der Waals surface area contributed by atoms with E-state index in [1.54, 1.807) is 12.4 Å². The summed E-state index contributed by atoms with van der Waals surface area (Å²) in [6, 6.07) is 13.6. The summed E-state index contributed by atoms with van der Waals surface area (Å²) in [6.07, 6.45) is 4.56. The lowest BCUT2D eigenvalue weighted by molar-refractivity contribution is 0.0888. The molecule has 6 nitrogen and oxygen atoms in total. The van der Waals surface area contributed by atoms with E-state index in [4.69, 9.17) is 0 Å². The lowest BCUT2D eigenvalue weighted by Crippen LogP contribution is -2.16. The maximum atomic E-state index is 12.3. The van der Waals surface area contributed by atoms with Gasteiger partial charge in [-0.2, -0.15) is 9.67 Å². The number of nitrogens with one attached hydrogen (secondary N) is 1. The molecule has 0 amide bonds. The molecule has 0 bridgehead atoms. The van der Waals surface area contributed by atoms with Crippen LogP contribution in [0.3, 0.4) is 0 Å². The molecule has 0 unspecified atom stereocenters. The molecule has 24 heavy (non-hydrogen) atoms. The van der Waals surface area contributed by atoms with Crippen molar-refractivity contribution in [2.24, 2.45) is 0 Å². The summed E-state index contributed by atoms with van der Waals surface area (Å²) in [5, 5.41) is 7.59. The molecule has 2 heterocycles. The summed E-state index contributed by atoms with van der Waals surface area (Å²) in [4.78, 5) is 20.8. The lowest BCUT2D eigenvalue weighted by Gasteiger charge is -2.06. The molecule has 0 aliphatic rings. The third kappa shape index (κ3) is 3.65. The summed E-state index contributed by atoms with van der Waals surface area (Å²) in [5.74, 6) is 0.905. The van der Waals surface area contributed by atoms with E-state index in [0.29, 0.717) is 24.7 Å². The van der Waals surface area contributed by atoms with Crippen LogP contribution in [0, 0.1) is 0 Å². The highest BCUT2D eigenvalue weighted by molar-refractivity contribution is 5.81. The SMILES string of the molecule is CCCC(=O)n1nc(-c2ccncc2)nc1NCc1ccccc1. The van der Waals surface area contributed by atoms with Crippen molar-refractivity contribution in [2.45, 2.75) is 26.3 Å². The number of carbonyl (C=O) groups excluding carboxylic acids is 1. The number of aromatic nitrogens is 4. The molecule has 1 N–H and O–H groups in total. The second-order valence-corrected chi connectivity index (χ2v) is 5.39. The molecule has 0 aliphatic heterocycles. The van der Waals surface area contributed by atoms with E-state index in [-0.39, 0.29) is 5.91 Å². The van der Waals surface area contributed by atoms with Crippen LogP contribution >= 0.6 is 0 Å². The average molecular weight is 321 g/mol. The number of anilines is 1. The van der Waals surface area contributed by atoms with Crippen LogP contribution < -0.4 is 5.32 Å². The Labute approximate surface area is 140 Å². The summed E-state index contributed by atoms with van der Waals surface area (Å²) in [5.41, 5.74) is 1.94. The van der Waals surface area contributed by atoms with Crippen LogP contribution in [0.15, 0.2) is 54.9 Å². The van der Waals surface area contributed by atoms with Crippen molar-refractivity contribution in [2.75, 3.05) is 5.32 Å². The minimum atomic E-state index is -0.0686. The molecular formula is C18H19N5O. The zero-order chi connectivity index (χ0) is 16.8. The van der Waals surface area contributed by atoms with Gasteiger partial charge in [0.1, 0.15) is 0 Å². The molecule has 3 rings (SSSR count). The molecule has 1 aromatic carbocycles. The molecule has 0 aliphatic carbocycles. The number of hydrogen-bond acceptors (Lipinski definition) is 5. The highest BCUT2D eigenvalue weighted by Gasteiger charge is 2.16. The lowest BCUT2D eigenvalue weighted by atomic mass is 10.2. The number of nitrogens with zero attached hydrogens (tertiary/aromatic N) is 4. The minimum Gasteiger partial charge on any atom is -0.350 e. The maximum Gasteiger partial charge on any atom is 0.250 e. The van der Waals surface area contributed by atoms with Crippen molar-refractivity contribution in [1.29, 1.82) is 0 Å². The fourth-order valence-electron chi connectivity index (χ4n) is 2.32.